The molecule has 0 fully saturated rings. The van der Waals surface area contributed by atoms with E-state index in [4.69, 9.17) is 4.98 Å². The van der Waals surface area contributed by atoms with Crippen LogP contribution in [0.3, 0.4) is 0 Å². The number of hydrogen-bond acceptors (Lipinski definition) is 2. The van der Waals surface area contributed by atoms with Crippen LogP contribution in [-0.2, 0) is 25.6 Å². The van der Waals surface area contributed by atoms with Crippen LogP contribution in [0, 0.1) is 0 Å². The van der Waals surface area contributed by atoms with Crippen LogP contribution >= 0.6 is 0 Å². The van der Waals surface area contributed by atoms with E-state index in [-0.39, 0.29) is 12.1 Å². The van der Waals surface area contributed by atoms with Crippen LogP contribution in [-0.4, -0.2) is 15.5 Å². The molecule has 0 bridgehead atoms. The van der Waals surface area contributed by atoms with Crippen molar-refractivity contribution in [2.75, 3.05) is 0 Å². The molecule has 29 heavy (non-hydrogen) atoms. The molecule has 1 aliphatic carbocycles. The fraction of sp³-hybridized carbons (Fsp3) is 0.273. The third kappa shape index (κ3) is 4.04. The Labute approximate surface area is 166 Å². The number of hydrogen-bond donors (Lipinski definition) is 1. The zero-order chi connectivity index (χ0) is 20.4. The highest BCUT2D eigenvalue weighted by Crippen LogP contribution is 2.29. The summed E-state index contributed by atoms with van der Waals surface area (Å²) < 4.78 is 40.2. The van der Waals surface area contributed by atoms with Crippen LogP contribution in [0.1, 0.15) is 46.0 Å². The number of halogens is 3. The number of carbonyl (C=O) groups is 1. The van der Waals surface area contributed by atoms with E-state index in [0.717, 1.165) is 55.0 Å². The maximum absolute atomic E-state index is 12.7. The molecule has 0 radical (unpaired) electrons. The molecule has 7 heteroatoms. The highest BCUT2D eigenvalue weighted by molar-refractivity contribution is 5.94. The molecule has 1 amide bonds. The van der Waals surface area contributed by atoms with Crippen molar-refractivity contribution in [3.63, 3.8) is 0 Å². The Morgan fingerprint density at radius 3 is 2.38 bits per heavy atom. The first-order valence-electron chi connectivity index (χ1n) is 9.54. The lowest BCUT2D eigenvalue weighted by molar-refractivity contribution is -0.137. The smallest absolute Gasteiger partial charge is 0.345 e. The van der Waals surface area contributed by atoms with Gasteiger partial charge in [0, 0.05) is 16.9 Å². The van der Waals surface area contributed by atoms with Crippen LogP contribution < -0.4 is 5.32 Å². The fourth-order valence-corrected chi connectivity index (χ4v) is 3.67. The molecule has 0 aliphatic heterocycles. The molecule has 3 aromatic rings. The summed E-state index contributed by atoms with van der Waals surface area (Å²) in [6, 6.07) is 14.1. The van der Waals surface area contributed by atoms with Gasteiger partial charge in [-0.2, -0.15) is 13.2 Å². The van der Waals surface area contributed by atoms with E-state index >= 15 is 0 Å². The topological polar surface area (TPSA) is 46.9 Å². The van der Waals surface area contributed by atoms with E-state index in [2.05, 4.69) is 9.88 Å². The fourth-order valence-electron chi connectivity index (χ4n) is 3.67. The molecular formula is C22H20F3N3O. The Morgan fingerprint density at radius 2 is 1.69 bits per heavy atom. The van der Waals surface area contributed by atoms with Gasteiger partial charge >= 0.3 is 6.18 Å². The standard InChI is InChI=1S/C22H20F3N3O/c23-22(24,25)16-12-10-15(11-13-16)21(29)26-14-20-27-18-8-4-5-9-19(18)28(20)17-6-2-1-3-7-17/h1-3,6-7,10-13H,4-5,8-9,14H2,(H,26,29). The lowest BCUT2D eigenvalue weighted by Crippen LogP contribution is -2.25. The molecule has 2 aromatic carbocycles. The molecule has 0 spiro atoms. The van der Waals surface area contributed by atoms with Crippen LogP contribution in [0.2, 0.25) is 0 Å². The third-order valence-electron chi connectivity index (χ3n) is 5.10. The van der Waals surface area contributed by atoms with E-state index in [0.29, 0.717) is 0 Å². The van der Waals surface area contributed by atoms with Crippen molar-refractivity contribution in [3.05, 3.63) is 82.9 Å². The minimum absolute atomic E-state index is 0.181. The molecule has 0 saturated carbocycles. The predicted octanol–water partition coefficient (Wildman–Crippen LogP) is 4.70. The third-order valence-corrected chi connectivity index (χ3v) is 5.10. The van der Waals surface area contributed by atoms with Crippen LogP contribution in [0.15, 0.2) is 54.6 Å². The normalized spacial score (nSPS) is 13.8. The average Bonchev–Trinajstić information content (AvgIpc) is 3.10. The Morgan fingerprint density at radius 1 is 1.00 bits per heavy atom. The number of alkyl halides is 3. The SMILES string of the molecule is O=C(NCc1nc2c(n1-c1ccccc1)CCCC2)c1ccc(C(F)(F)F)cc1. The van der Waals surface area contributed by atoms with Gasteiger partial charge in [0.2, 0.25) is 0 Å². The van der Waals surface area contributed by atoms with Gasteiger partial charge in [-0.05, 0) is 62.1 Å². The van der Waals surface area contributed by atoms with Gasteiger partial charge in [-0.25, -0.2) is 4.98 Å². The number of para-hydroxylation sites is 1. The summed E-state index contributed by atoms with van der Waals surface area (Å²) in [6.07, 6.45) is -0.382. The van der Waals surface area contributed by atoms with Gasteiger partial charge in [0.15, 0.2) is 0 Å². The van der Waals surface area contributed by atoms with Crippen LogP contribution in [0.5, 0.6) is 0 Å². The molecule has 0 saturated heterocycles. The van der Waals surface area contributed by atoms with Crippen molar-refractivity contribution >= 4 is 5.91 Å². The lowest BCUT2D eigenvalue weighted by atomic mass is 10.0. The van der Waals surface area contributed by atoms with Gasteiger partial charge in [0.05, 0.1) is 17.8 Å². The van der Waals surface area contributed by atoms with Gasteiger partial charge in [-0.3, -0.25) is 9.36 Å². The first-order valence-corrected chi connectivity index (χ1v) is 9.54. The van der Waals surface area contributed by atoms with E-state index in [1.807, 2.05) is 30.3 Å². The summed E-state index contributed by atoms with van der Waals surface area (Å²) in [5.41, 5.74) is 2.61. The Kier molecular flexibility index (Phi) is 5.13. The average molecular weight is 399 g/mol. The molecule has 0 atom stereocenters. The molecule has 150 valence electrons. The highest BCUT2D eigenvalue weighted by atomic mass is 19.4. The van der Waals surface area contributed by atoms with E-state index in [1.165, 1.54) is 17.8 Å². The maximum Gasteiger partial charge on any atom is 0.416 e. The van der Waals surface area contributed by atoms with Crippen molar-refractivity contribution in [2.45, 2.75) is 38.4 Å². The number of nitrogens with one attached hydrogen (secondary N) is 1. The minimum Gasteiger partial charge on any atom is -0.345 e. The number of fused-ring (bicyclic) bond motifs is 1. The molecule has 1 aromatic heterocycles. The predicted molar refractivity (Wildman–Crippen MR) is 103 cm³/mol. The summed E-state index contributed by atoms with van der Waals surface area (Å²) in [7, 11) is 0. The number of rotatable bonds is 4. The van der Waals surface area contributed by atoms with Gasteiger partial charge in [-0.1, -0.05) is 18.2 Å². The van der Waals surface area contributed by atoms with E-state index in [1.54, 1.807) is 0 Å². The summed E-state index contributed by atoms with van der Waals surface area (Å²) in [4.78, 5) is 17.2. The van der Waals surface area contributed by atoms with Crippen molar-refractivity contribution in [1.82, 2.24) is 14.9 Å². The molecule has 1 heterocycles. The Hall–Kier alpha value is -3.09. The molecule has 4 rings (SSSR count). The maximum atomic E-state index is 12.7. The second kappa shape index (κ2) is 7.73. The van der Waals surface area contributed by atoms with Crippen molar-refractivity contribution < 1.29 is 18.0 Å². The van der Waals surface area contributed by atoms with Crippen LogP contribution in [0.25, 0.3) is 5.69 Å². The summed E-state index contributed by atoms with van der Waals surface area (Å²) >= 11 is 0. The zero-order valence-electron chi connectivity index (χ0n) is 15.7. The zero-order valence-corrected chi connectivity index (χ0v) is 15.7. The summed E-state index contributed by atoms with van der Waals surface area (Å²) in [6.45, 7) is 0.196. The molecular weight excluding hydrogens is 379 g/mol. The number of amides is 1. The summed E-state index contributed by atoms with van der Waals surface area (Å²) in [5.74, 6) is 0.294. The number of carbonyl (C=O) groups excluding carboxylic acids is 1. The monoisotopic (exact) mass is 399 g/mol. The first kappa shape index (κ1) is 19.2. The molecule has 4 nitrogen and oxygen atoms in total. The summed E-state index contributed by atoms with van der Waals surface area (Å²) in [5, 5.41) is 2.79. The van der Waals surface area contributed by atoms with Gasteiger partial charge < -0.3 is 5.32 Å². The van der Waals surface area contributed by atoms with E-state index < -0.39 is 17.6 Å². The van der Waals surface area contributed by atoms with Gasteiger partial charge in [-0.15, -0.1) is 0 Å². The second-order valence-corrected chi connectivity index (χ2v) is 7.06. The molecule has 1 N–H and O–H groups in total. The van der Waals surface area contributed by atoms with E-state index in [9.17, 15) is 18.0 Å². The van der Waals surface area contributed by atoms with Crippen LogP contribution in [0.4, 0.5) is 13.2 Å². The number of imidazole rings is 1. The highest BCUT2D eigenvalue weighted by Gasteiger charge is 2.30. The molecule has 1 aliphatic rings. The number of aryl methyl sites for hydroxylation is 1. The quantitative estimate of drug-likeness (QED) is 0.691. The van der Waals surface area contributed by atoms with Crippen molar-refractivity contribution in [3.8, 4) is 5.69 Å². The number of nitrogens with zero attached hydrogens (tertiary/aromatic N) is 2. The number of benzene rings is 2. The first-order chi connectivity index (χ1) is 13.9. The minimum atomic E-state index is -4.42. The lowest BCUT2D eigenvalue weighted by Gasteiger charge is -2.15. The Bertz CT molecular complexity index is 1010. The second-order valence-electron chi connectivity index (χ2n) is 7.06. The van der Waals surface area contributed by atoms with Gasteiger partial charge in [0.1, 0.15) is 5.82 Å². The van der Waals surface area contributed by atoms with Crippen molar-refractivity contribution in [2.24, 2.45) is 0 Å². The Balaban J connectivity index is 1.55. The van der Waals surface area contributed by atoms with Gasteiger partial charge in [0.25, 0.3) is 5.91 Å². The largest absolute Gasteiger partial charge is 0.416 e. The van der Waals surface area contributed by atoms with Crippen molar-refractivity contribution in [1.29, 1.82) is 0 Å². The number of aromatic nitrogens is 2. The molecule has 0 unspecified atom stereocenters.